The van der Waals surface area contributed by atoms with E-state index in [9.17, 15) is 4.79 Å². The second-order valence-corrected chi connectivity index (χ2v) is 5.38. The van der Waals surface area contributed by atoms with Crippen molar-refractivity contribution < 1.29 is 9.32 Å². The Morgan fingerprint density at radius 3 is 2.75 bits per heavy atom. The van der Waals surface area contributed by atoms with Crippen LogP contribution in [0.2, 0.25) is 0 Å². The Kier molecular flexibility index (Phi) is 4.96. The lowest BCUT2D eigenvalue weighted by Crippen LogP contribution is -2.25. The van der Waals surface area contributed by atoms with Crippen molar-refractivity contribution in [3.8, 4) is 11.3 Å². The highest BCUT2D eigenvalue weighted by Crippen LogP contribution is 2.24. The van der Waals surface area contributed by atoms with E-state index < -0.39 is 0 Å². The number of hydrogen-bond acceptors (Lipinski definition) is 5. The Labute approximate surface area is 139 Å². The van der Waals surface area contributed by atoms with Crippen LogP contribution in [0.25, 0.3) is 11.3 Å². The van der Waals surface area contributed by atoms with Crippen LogP contribution in [0, 0.1) is 6.92 Å². The van der Waals surface area contributed by atoms with Gasteiger partial charge in [-0.2, -0.15) is 0 Å². The molecule has 6 nitrogen and oxygen atoms in total. The predicted octanol–water partition coefficient (Wildman–Crippen LogP) is 2.80. The molecule has 0 unspecified atom stereocenters. The van der Waals surface area contributed by atoms with Gasteiger partial charge >= 0.3 is 0 Å². The first-order chi connectivity index (χ1) is 11.8. The van der Waals surface area contributed by atoms with Crippen molar-refractivity contribution >= 4 is 5.91 Å². The Hall–Kier alpha value is -3.02. The molecule has 0 aliphatic carbocycles. The van der Waals surface area contributed by atoms with Crippen molar-refractivity contribution in [3.63, 3.8) is 0 Å². The van der Waals surface area contributed by atoms with Crippen LogP contribution in [0.5, 0.6) is 0 Å². The third kappa shape index (κ3) is 3.65. The van der Waals surface area contributed by atoms with Gasteiger partial charge in [-0.25, -0.2) is 0 Å². The first-order valence-corrected chi connectivity index (χ1v) is 7.80. The average molecular weight is 322 g/mol. The summed E-state index contributed by atoms with van der Waals surface area (Å²) in [5, 5.41) is 6.93. The second kappa shape index (κ2) is 7.50. The van der Waals surface area contributed by atoms with E-state index in [-0.39, 0.29) is 5.91 Å². The minimum atomic E-state index is -0.179. The lowest BCUT2D eigenvalue weighted by atomic mass is 10.1. The fourth-order valence-electron chi connectivity index (χ4n) is 2.45. The smallest absolute Gasteiger partial charge is 0.257 e. The van der Waals surface area contributed by atoms with Crippen molar-refractivity contribution in [3.05, 3.63) is 65.9 Å². The molecule has 6 heteroatoms. The molecule has 0 bridgehead atoms. The highest BCUT2D eigenvalue weighted by molar-refractivity contribution is 6.00. The topological polar surface area (TPSA) is 80.9 Å². The number of amides is 1. The fourth-order valence-corrected chi connectivity index (χ4v) is 2.45. The summed E-state index contributed by atoms with van der Waals surface area (Å²) in [6.45, 7) is 2.30. The van der Waals surface area contributed by atoms with E-state index in [1.165, 1.54) is 0 Å². The predicted molar refractivity (Wildman–Crippen MR) is 89.4 cm³/mol. The quantitative estimate of drug-likeness (QED) is 0.706. The summed E-state index contributed by atoms with van der Waals surface area (Å²) in [6.07, 6.45) is 6.73. The van der Waals surface area contributed by atoms with Gasteiger partial charge in [0.2, 0.25) is 0 Å². The van der Waals surface area contributed by atoms with Gasteiger partial charge < -0.3 is 9.84 Å². The third-order valence-corrected chi connectivity index (χ3v) is 3.66. The molecule has 0 saturated carbocycles. The zero-order chi connectivity index (χ0) is 16.8. The normalized spacial score (nSPS) is 10.5. The molecule has 0 spiro atoms. The zero-order valence-electron chi connectivity index (χ0n) is 13.4. The van der Waals surface area contributed by atoms with Gasteiger partial charge in [-0.3, -0.25) is 14.8 Å². The summed E-state index contributed by atoms with van der Waals surface area (Å²) < 4.78 is 5.21. The molecule has 1 amide bonds. The summed E-state index contributed by atoms with van der Waals surface area (Å²) in [7, 11) is 0. The largest absolute Gasteiger partial charge is 0.360 e. The Bertz CT molecular complexity index is 800. The lowest BCUT2D eigenvalue weighted by molar-refractivity contribution is 0.0952. The highest BCUT2D eigenvalue weighted by atomic mass is 16.5. The van der Waals surface area contributed by atoms with Crippen LogP contribution >= 0.6 is 0 Å². The number of hydrogen-bond donors (Lipinski definition) is 1. The molecular weight excluding hydrogens is 304 g/mol. The minimum absolute atomic E-state index is 0.179. The Morgan fingerprint density at radius 2 is 2.00 bits per heavy atom. The van der Waals surface area contributed by atoms with E-state index in [1.54, 1.807) is 37.6 Å². The van der Waals surface area contributed by atoms with Gasteiger partial charge in [0.15, 0.2) is 0 Å². The molecule has 3 rings (SSSR count). The maximum atomic E-state index is 12.5. The SMILES string of the molecule is Cc1onc(-c2ccncc2)c1C(=O)NCCCc1ccccn1. The maximum Gasteiger partial charge on any atom is 0.257 e. The molecular formula is C18H18N4O2. The molecule has 0 aliphatic heterocycles. The molecule has 0 aromatic carbocycles. The van der Waals surface area contributed by atoms with Gasteiger partial charge in [0.25, 0.3) is 5.91 Å². The number of nitrogens with one attached hydrogen (secondary N) is 1. The number of pyridine rings is 2. The van der Waals surface area contributed by atoms with Gasteiger partial charge in [0, 0.05) is 36.4 Å². The summed E-state index contributed by atoms with van der Waals surface area (Å²) in [5.41, 5.74) is 2.84. The van der Waals surface area contributed by atoms with E-state index in [1.807, 2.05) is 18.2 Å². The summed E-state index contributed by atoms with van der Waals surface area (Å²) in [4.78, 5) is 20.7. The average Bonchev–Trinajstić information content (AvgIpc) is 3.02. The lowest BCUT2D eigenvalue weighted by Gasteiger charge is -2.06. The van der Waals surface area contributed by atoms with Crippen molar-refractivity contribution in [1.82, 2.24) is 20.4 Å². The Morgan fingerprint density at radius 1 is 1.17 bits per heavy atom. The number of carbonyl (C=O) groups excluding carboxylic acids is 1. The Balaban J connectivity index is 1.62. The van der Waals surface area contributed by atoms with Crippen molar-refractivity contribution in [2.24, 2.45) is 0 Å². The van der Waals surface area contributed by atoms with Crippen LogP contribution in [0.4, 0.5) is 0 Å². The van der Waals surface area contributed by atoms with Crippen LogP contribution < -0.4 is 5.32 Å². The van der Waals surface area contributed by atoms with Crippen molar-refractivity contribution in [2.45, 2.75) is 19.8 Å². The molecule has 24 heavy (non-hydrogen) atoms. The van der Waals surface area contributed by atoms with Gasteiger partial charge in [-0.1, -0.05) is 11.2 Å². The molecule has 3 aromatic heterocycles. The molecule has 122 valence electrons. The number of carbonyl (C=O) groups is 1. The third-order valence-electron chi connectivity index (χ3n) is 3.66. The van der Waals surface area contributed by atoms with Gasteiger partial charge in [-0.15, -0.1) is 0 Å². The molecule has 0 atom stereocenters. The standard InChI is InChI=1S/C18H18N4O2/c1-13-16(17(22-24-13)14-7-11-19-12-8-14)18(23)21-10-4-6-15-5-2-3-9-20-15/h2-3,5,7-9,11-12H,4,6,10H2,1H3,(H,21,23). The first-order valence-electron chi connectivity index (χ1n) is 7.80. The summed E-state index contributed by atoms with van der Waals surface area (Å²) in [5.74, 6) is 0.325. The maximum absolute atomic E-state index is 12.5. The molecule has 1 N–H and O–H groups in total. The molecule has 0 aliphatic rings. The van der Waals surface area contributed by atoms with Gasteiger partial charge in [0.05, 0.1) is 0 Å². The first kappa shape index (κ1) is 15.9. The van der Waals surface area contributed by atoms with Crippen molar-refractivity contribution in [2.75, 3.05) is 6.54 Å². The fraction of sp³-hybridized carbons (Fsp3) is 0.222. The molecule has 0 fully saturated rings. The number of nitrogens with zero attached hydrogens (tertiary/aromatic N) is 3. The van der Waals surface area contributed by atoms with E-state index >= 15 is 0 Å². The molecule has 0 saturated heterocycles. The number of rotatable bonds is 6. The zero-order valence-corrected chi connectivity index (χ0v) is 13.4. The number of aryl methyl sites for hydroxylation is 2. The summed E-state index contributed by atoms with van der Waals surface area (Å²) in [6, 6.07) is 9.43. The summed E-state index contributed by atoms with van der Waals surface area (Å²) >= 11 is 0. The van der Waals surface area contributed by atoms with Crippen LogP contribution in [0.3, 0.4) is 0 Å². The molecule has 0 radical (unpaired) electrons. The van der Waals surface area contributed by atoms with E-state index in [4.69, 9.17) is 4.52 Å². The van der Waals surface area contributed by atoms with Crippen LogP contribution in [-0.4, -0.2) is 27.6 Å². The van der Waals surface area contributed by atoms with Gasteiger partial charge in [0.1, 0.15) is 17.0 Å². The van der Waals surface area contributed by atoms with Crippen LogP contribution in [0.15, 0.2) is 53.4 Å². The minimum Gasteiger partial charge on any atom is -0.360 e. The van der Waals surface area contributed by atoms with Crippen LogP contribution in [-0.2, 0) is 6.42 Å². The monoisotopic (exact) mass is 322 g/mol. The van der Waals surface area contributed by atoms with E-state index in [0.717, 1.165) is 24.1 Å². The van der Waals surface area contributed by atoms with E-state index in [0.29, 0.717) is 23.6 Å². The van der Waals surface area contributed by atoms with Crippen LogP contribution in [0.1, 0.15) is 28.2 Å². The highest BCUT2D eigenvalue weighted by Gasteiger charge is 2.21. The van der Waals surface area contributed by atoms with E-state index in [2.05, 4.69) is 20.4 Å². The molecule has 3 aromatic rings. The molecule has 3 heterocycles. The van der Waals surface area contributed by atoms with Gasteiger partial charge in [-0.05, 0) is 44.0 Å². The van der Waals surface area contributed by atoms with Crippen molar-refractivity contribution in [1.29, 1.82) is 0 Å². The number of aromatic nitrogens is 3. The second-order valence-electron chi connectivity index (χ2n) is 5.38.